The molecule has 2 aromatic heterocycles. The largest absolute Gasteiger partial charge is 0.493 e. The Kier molecular flexibility index (Phi) is 4.92. The first kappa shape index (κ1) is 20.1. The summed E-state index contributed by atoms with van der Waals surface area (Å²) in [5.74, 6) is 3.46. The van der Waals surface area contributed by atoms with Crippen LogP contribution in [0.25, 0.3) is 17.2 Å². The summed E-state index contributed by atoms with van der Waals surface area (Å²) in [4.78, 5) is 4.47. The molecule has 2 unspecified atom stereocenters. The van der Waals surface area contributed by atoms with E-state index in [1.807, 2.05) is 37.5 Å². The number of benzene rings is 2. The fourth-order valence-corrected chi connectivity index (χ4v) is 4.97. The van der Waals surface area contributed by atoms with E-state index in [-0.39, 0.29) is 0 Å². The van der Waals surface area contributed by atoms with Gasteiger partial charge in [0.15, 0.2) is 0 Å². The number of nitrogens with one attached hydrogen (secondary N) is 1. The maximum absolute atomic E-state index is 6.31. The van der Waals surface area contributed by atoms with Crippen molar-refractivity contribution in [2.75, 3.05) is 11.9 Å². The zero-order chi connectivity index (χ0) is 22.4. The van der Waals surface area contributed by atoms with Gasteiger partial charge in [0.25, 0.3) is 0 Å². The highest BCUT2D eigenvalue weighted by Crippen LogP contribution is 2.47. The van der Waals surface area contributed by atoms with Crippen molar-refractivity contribution < 1.29 is 4.74 Å². The number of hydrogen-bond acceptors (Lipinski definition) is 4. The Bertz CT molecular complexity index is 1360. The SMILES string of the molecule is Cn1nccc1Nc1cc(-c2cc3c4c(c2)OCC(Cc2ccc(Cl)cc2)C4C=C3)ccn1. The minimum atomic E-state index is 0.382. The molecule has 0 spiro atoms. The van der Waals surface area contributed by atoms with Crippen LogP contribution in [0.2, 0.25) is 5.02 Å². The number of hydrogen-bond donors (Lipinski definition) is 1. The van der Waals surface area contributed by atoms with Crippen LogP contribution in [0, 0.1) is 5.92 Å². The van der Waals surface area contributed by atoms with E-state index in [1.54, 1.807) is 10.9 Å². The molecule has 2 atom stereocenters. The minimum absolute atomic E-state index is 0.382. The van der Waals surface area contributed by atoms with Gasteiger partial charge in [-0.3, -0.25) is 4.68 Å². The van der Waals surface area contributed by atoms with Crippen LogP contribution in [0.3, 0.4) is 0 Å². The molecule has 2 aliphatic rings. The number of aromatic nitrogens is 3. The molecule has 1 aliphatic heterocycles. The maximum Gasteiger partial charge on any atom is 0.132 e. The molecule has 0 radical (unpaired) electrons. The van der Waals surface area contributed by atoms with Gasteiger partial charge in [0.05, 0.1) is 12.8 Å². The normalized spacial score (nSPS) is 18.1. The van der Waals surface area contributed by atoms with Crippen LogP contribution in [0.5, 0.6) is 5.75 Å². The highest BCUT2D eigenvalue weighted by Gasteiger charge is 2.34. The molecular weight excluding hydrogens is 432 g/mol. The molecule has 1 N–H and O–H groups in total. The molecule has 6 heteroatoms. The zero-order valence-electron chi connectivity index (χ0n) is 18.2. The Balaban J connectivity index is 1.28. The van der Waals surface area contributed by atoms with Crippen LogP contribution in [-0.4, -0.2) is 21.4 Å². The van der Waals surface area contributed by atoms with Crippen molar-refractivity contribution in [1.82, 2.24) is 14.8 Å². The van der Waals surface area contributed by atoms with E-state index < -0.39 is 0 Å². The first-order valence-corrected chi connectivity index (χ1v) is 11.5. The molecule has 5 nitrogen and oxygen atoms in total. The van der Waals surface area contributed by atoms with Gasteiger partial charge in [-0.25, -0.2) is 4.98 Å². The molecule has 33 heavy (non-hydrogen) atoms. The van der Waals surface area contributed by atoms with E-state index in [0.717, 1.165) is 40.0 Å². The number of rotatable bonds is 5. The molecule has 3 heterocycles. The van der Waals surface area contributed by atoms with Crippen molar-refractivity contribution in [3.05, 3.63) is 94.8 Å². The predicted molar refractivity (Wildman–Crippen MR) is 132 cm³/mol. The van der Waals surface area contributed by atoms with E-state index in [1.165, 1.54) is 16.7 Å². The molecular formula is C27H23ClN4O. The van der Waals surface area contributed by atoms with Gasteiger partial charge in [0, 0.05) is 41.7 Å². The number of nitrogens with zero attached hydrogens (tertiary/aromatic N) is 3. The predicted octanol–water partition coefficient (Wildman–Crippen LogP) is 6.24. The summed E-state index contributed by atoms with van der Waals surface area (Å²) in [6.45, 7) is 0.706. The van der Waals surface area contributed by atoms with Crippen LogP contribution in [0.15, 0.2) is 73.1 Å². The van der Waals surface area contributed by atoms with Crippen molar-refractivity contribution in [2.24, 2.45) is 13.0 Å². The van der Waals surface area contributed by atoms with Gasteiger partial charge in [-0.15, -0.1) is 0 Å². The molecule has 0 amide bonds. The highest BCUT2D eigenvalue weighted by atomic mass is 35.5. The van der Waals surface area contributed by atoms with E-state index in [0.29, 0.717) is 18.4 Å². The lowest BCUT2D eigenvalue weighted by atomic mass is 9.81. The third-order valence-electron chi connectivity index (χ3n) is 6.53. The standard InChI is InChI=1S/C27H23ClN4O/c1-32-26(9-11-30-32)31-25-15-18(8-10-29-25)20-13-19-4-7-23-21(16-33-24(14-20)27(19)23)12-17-2-5-22(28)6-3-17/h2-11,13-15,21,23H,12,16H2,1H3,(H,29,31). The van der Waals surface area contributed by atoms with Gasteiger partial charge in [-0.05, 0) is 65.1 Å². The van der Waals surface area contributed by atoms with E-state index in [2.05, 4.69) is 57.9 Å². The van der Waals surface area contributed by atoms with Crippen molar-refractivity contribution in [2.45, 2.75) is 12.3 Å². The van der Waals surface area contributed by atoms with Crippen LogP contribution in [0.1, 0.15) is 22.6 Å². The third-order valence-corrected chi connectivity index (χ3v) is 6.78. The topological polar surface area (TPSA) is 52.0 Å². The van der Waals surface area contributed by atoms with Crippen molar-refractivity contribution in [1.29, 1.82) is 0 Å². The lowest BCUT2D eigenvalue weighted by Crippen LogP contribution is -2.26. The Hall–Kier alpha value is -3.57. The van der Waals surface area contributed by atoms with Gasteiger partial charge in [0.1, 0.15) is 17.4 Å². The fraction of sp³-hybridized carbons (Fsp3) is 0.185. The Labute approximate surface area is 197 Å². The highest BCUT2D eigenvalue weighted by molar-refractivity contribution is 6.30. The fourth-order valence-electron chi connectivity index (χ4n) is 4.84. The van der Waals surface area contributed by atoms with Crippen LogP contribution in [-0.2, 0) is 13.5 Å². The molecule has 4 aromatic rings. The first-order chi connectivity index (χ1) is 16.1. The van der Waals surface area contributed by atoms with Crippen LogP contribution >= 0.6 is 11.6 Å². The Morgan fingerprint density at radius 2 is 1.94 bits per heavy atom. The summed E-state index contributed by atoms with van der Waals surface area (Å²) in [5.41, 5.74) is 6.07. The van der Waals surface area contributed by atoms with E-state index in [9.17, 15) is 0 Å². The second-order valence-corrected chi connectivity index (χ2v) is 9.10. The molecule has 0 saturated heterocycles. The molecule has 6 rings (SSSR count). The summed E-state index contributed by atoms with van der Waals surface area (Å²) in [6.07, 6.45) is 9.14. The lowest BCUT2D eigenvalue weighted by Gasteiger charge is -2.31. The number of pyridine rings is 1. The summed E-state index contributed by atoms with van der Waals surface area (Å²) in [6, 6.07) is 18.6. The van der Waals surface area contributed by atoms with Crippen molar-refractivity contribution in [3.8, 4) is 16.9 Å². The molecule has 0 saturated carbocycles. The smallest absolute Gasteiger partial charge is 0.132 e. The van der Waals surface area contributed by atoms with Gasteiger partial charge in [-0.2, -0.15) is 5.10 Å². The van der Waals surface area contributed by atoms with Gasteiger partial charge >= 0.3 is 0 Å². The Morgan fingerprint density at radius 3 is 2.76 bits per heavy atom. The van der Waals surface area contributed by atoms with Crippen LogP contribution in [0.4, 0.5) is 11.6 Å². The number of ether oxygens (including phenoxy) is 1. The zero-order valence-corrected chi connectivity index (χ0v) is 19.0. The van der Waals surface area contributed by atoms with Crippen molar-refractivity contribution in [3.63, 3.8) is 0 Å². The molecule has 2 aromatic carbocycles. The number of anilines is 2. The van der Waals surface area contributed by atoms with Crippen molar-refractivity contribution >= 4 is 29.3 Å². The summed E-state index contributed by atoms with van der Waals surface area (Å²) in [5, 5.41) is 8.30. The second-order valence-electron chi connectivity index (χ2n) is 8.66. The average molecular weight is 455 g/mol. The lowest BCUT2D eigenvalue weighted by molar-refractivity contribution is 0.209. The van der Waals surface area contributed by atoms with Gasteiger partial charge in [-0.1, -0.05) is 35.9 Å². The average Bonchev–Trinajstić information content (AvgIpc) is 3.44. The number of halogens is 1. The van der Waals surface area contributed by atoms with Gasteiger partial charge < -0.3 is 10.1 Å². The molecule has 164 valence electrons. The quantitative estimate of drug-likeness (QED) is 0.387. The summed E-state index contributed by atoms with van der Waals surface area (Å²) < 4.78 is 8.09. The third kappa shape index (κ3) is 3.79. The van der Waals surface area contributed by atoms with Crippen LogP contribution < -0.4 is 10.1 Å². The van der Waals surface area contributed by atoms with E-state index in [4.69, 9.17) is 16.3 Å². The second kappa shape index (κ2) is 8.09. The first-order valence-electron chi connectivity index (χ1n) is 11.1. The molecule has 1 aliphatic carbocycles. The Morgan fingerprint density at radius 1 is 1.06 bits per heavy atom. The molecule has 0 fully saturated rings. The minimum Gasteiger partial charge on any atom is -0.493 e. The van der Waals surface area contributed by atoms with E-state index >= 15 is 0 Å². The molecule has 0 bridgehead atoms. The van der Waals surface area contributed by atoms with Gasteiger partial charge in [0.2, 0.25) is 0 Å². The maximum atomic E-state index is 6.31. The number of allylic oxidation sites excluding steroid dienone is 1. The number of aryl methyl sites for hydroxylation is 1. The summed E-state index contributed by atoms with van der Waals surface area (Å²) >= 11 is 6.06. The monoisotopic (exact) mass is 454 g/mol. The summed E-state index contributed by atoms with van der Waals surface area (Å²) in [7, 11) is 1.90.